The second-order valence-electron chi connectivity index (χ2n) is 5.31. The Morgan fingerprint density at radius 2 is 1.72 bits per heavy atom. The zero-order valence-corrected chi connectivity index (χ0v) is 13.1. The van der Waals surface area contributed by atoms with Crippen molar-refractivity contribution in [3.8, 4) is 11.5 Å². The topological polar surface area (TPSA) is 93.8 Å². The van der Waals surface area contributed by atoms with Crippen molar-refractivity contribution >= 4 is 16.9 Å². The first-order chi connectivity index (χ1) is 12.3. The molecule has 25 heavy (non-hydrogen) atoms. The number of para-hydroxylation sites is 2. The van der Waals surface area contributed by atoms with Crippen LogP contribution in [0.4, 0.5) is 0 Å². The van der Waals surface area contributed by atoms with E-state index in [9.17, 15) is 4.79 Å². The lowest BCUT2D eigenvalue weighted by atomic mass is 10.2. The minimum absolute atomic E-state index is 0.143. The van der Waals surface area contributed by atoms with E-state index in [1.54, 1.807) is 0 Å². The summed E-state index contributed by atoms with van der Waals surface area (Å²) in [5.41, 5.74) is 2.48. The third-order valence-corrected chi connectivity index (χ3v) is 3.58. The second kappa shape index (κ2) is 6.48. The number of aromatic nitrogens is 4. The van der Waals surface area contributed by atoms with Gasteiger partial charge in [0.25, 0.3) is 11.8 Å². The molecular formula is C18H13N5O2. The molecule has 7 nitrogen and oxygen atoms in total. The van der Waals surface area contributed by atoms with Gasteiger partial charge in [-0.2, -0.15) is 4.98 Å². The lowest BCUT2D eigenvalue weighted by Gasteiger charge is -2.02. The van der Waals surface area contributed by atoms with Crippen LogP contribution in [0.1, 0.15) is 16.3 Å². The SMILES string of the molecule is O=C(NCc1noc(-c2ccccc2)n1)c1cnc2ccccc2n1. The van der Waals surface area contributed by atoms with Gasteiger partial charge in [0.15, 0.2) is 5.82 Å². The van der Waals surface area contributed by atoms with Gasteiger partial charge in [0, 0.05) is 5.56 Å². The number of hydrogen-bond acceptors (Lipinski definition) is 6. The van der Waals surface area contributed by atoms with Gasteiger partial charge in [0.1, 0.15) is 5.69 Å². The summed E-state index contributed by atoms with van der Waals surface area (Å²) in [5, 5.41) is 6.59. The normalized spacial score (nSPS) is 10.7. The third kappa shape index (κ3) is 3.20. The monoisotopic (exact) mass is 331 g/mol. The van der Waals surface area contributed by atoms with Gasteiger partial charge in [-0.05, 0) is 24.3 Å². The van der Waals surface area contributed by atoms with Gasteiger partial charge in [-0.3, -0.25) is 9.78 Å². The largest absolute Gasteiger partial charge is 0.343 e. The predicted octanol–water partition coefficient (Wildman–Crippen LogP) is 2.61. The van der Waals surface area contributed by atoms with E-state index in [1.165, 1.54) is 6.20 Å². The second-order valence-corrected chi connectivity index (χ2v) is 5.31. The number of amides is 1. The van der Waals surface area contributed by atoms with E-state index in [-0.39, 0.29) is 18.1 Å². The van der Waals surface area contributed by atoms with Crippen molar-refractivity contribution in [2.45, 2.75) is 6.54 Å². The first-order valence-electron chi connectivity index (χ1n) is 7.67. The van der Waals surface area contributed by atoms with Crippen LogP contribution in [-0.4, -0.2) is 26.0 Å². The Morgan fingerprint density at radius 1 is 0.960 bits per heavy atom. The lowest BCUT2D eigenvalue weighted by Crippen LogP contribution is -2.24. The smallest absolute Gasteiger partial charge is 0.271 e. The van der Waals surface area contributed by atoms with Gasteiger partial charge in [0.2, 0.25) is 0 Å². The molecule has 0 saturated carbocycles. The zero-order chi connectivity index (χ0) is 17.1. The van der Waals surface area contributed by atoms with Gasteiger partial charge in [-0.1, -0.05) is 35.5 Å². The van der Waals surface area contributed by atoms with Crippen LogP contribution in [0.15, 0.2) is 65.3 Å². The average molecular weight is 331 g/mol. The van der Waals surface area contributed by atoms with Crippen molar-refractivity contribution in [2.24, 2.45) is 0 Å². The van der Waals surface area contributed by atoms with Crippen LogP contribution in [0.25, 0.3) is 22.5 Å². The Labute approximate surface area is 142 Å². The molecule has 2 aromatic heterocycles. The predicted molar refractivity (Wildman–Crippen MR) is 90.4 cm³/mol. The van der Waals surface area contributed by atoms with Gasteiger partial charge >= 0.3 is 0 Å². The molecule has 0 radical (unpaired) electrons. The Balaban J connectivity index is 1.45. The summed E-state index contributed by atoms with van der Waals surface area (Å²) < 4.78 is 5.21. The van der Waals surface area contributed by atoms with Crippen molar-refractivity contribution in [1.82, 2.24) is 25.4 Å². The molecule has 4 rings (SSSR count). The first kappa shape index (κ1) is 14.9. The highest BCUT2D eigenvalue weighted by atomic mass is 16.5. The zero-order valence-electron chi connectivity index (χ0n) is 13.1. The Bertz CT molecular complexity index is 1030. The number of nitrogens with zero attached hydrogens (tertiary/aromatic N) is 4. The van der Waals surface area contributed by atoms with Crippen LogP contribution in [0.2, 0.25) is 0 Å². The average Bonchev–Trinajstić information content (AvgIpc) is 3.15. The fraction of sp³-hybridized carbons (Fsp3) is 0.0556. The highest BCUT2D eigenvalue weighted by Gasteiger charge is 2.12. The van der Waals surface area contributed by atoms with Crippen molar-refractivity contribution in [1.29, 1.82) is 0 Å². The Morgan fingerprint density at radius 3 is 2.56 bits per heavy atom. The maximum atomic E-state index is 12.2. The number of fused-ring (bicyclic) bond motifs is 1. The minimum Gasteiger partial charge on any atom is -0.343 e. The Kier molecular flexibility index (Phi) is 3.88. The van der Waals surface area contributed by atoms with Crippen molar-refractivity contribution < 1.29 is 9.32 Å². The van der Waals surface area contributed by atoms with Crippen molar-refractivity contribution in [3.63, 3.8) is 0 Å². The standard InChI is InChI=1S/C18H13N5O2/c24-17(15-10-19-13-8-4-5-9-14(13)21-15)20-11-16-22-18(25-23-16)12-6-2-1-3-7-12/h1-10H,11H2,(H,20,24). The minimum atomic E-state index is -0.343. The maximum Gasteiger partial charge on any atom is 0.271 e. The fourth-order valence-corrected chi connectivity index (χ4v) is 2.34. The van der Waals surface area contributed by atoms with E-state index in [0.29, 0.717) is 17.2 Å². The highest BCUT2D eigenvalue weighted by Crippen LogP contribution is 2.16. The van der Waals surface area contributed by atoms with E-state index in [2.05, 4.69) is 25.4 Å². The molecule has 0 unspecified atom stereocenters. The molecule has 1 N–H and O–H groups in total. The highest BCUT2D eigenvalue weighted by molar-refractivity contribution is 5.93. The van der Waals surface area contributed by atoms with E-state index >= 15 is 0 Å². The molecule has 0 aliphatic rings. The van der Waals surface area contributed by atoms with Gasteiger partial charge < -0.3 is 9.84 Å². The number of carbonyl (C=O) groups is 1. The summed E-state index contributed by atoms with van der Waals surface area (Å²) in [6, 6.07) is 16.8. The van der Waals surface area contributed by atoms with Gasteiger partial charge in [0.05, 0.1) is 23.8 Å². The van der Waals surface area contributed by atoms with Crippen LogP contribution in [0, 0.1) is 0 Å². The summed E-state index contributed by atoms with van der Waals surface area (Å²) >= 11 is 0. The van der Waals surface area contributed by atoms with E-state index in [1.807, 2.05) is 54.6 Å². The van der Waals surface area contributed by atoms with Crippen molar-refractivity contribution in [2.75, 3.05) is 0 Å². The maximum absolute atomic E-state index is 12.2. The number of hydrogen-bond donors (Lipinski definition) is 1. The summed E-state index contributed by atoms with van der Waals surface area (Å²) in [6.07, 6.45) is 1.45. The molecule has 0 fully saturated rings. The van der Waals surface area contributed by atoms with E-state index in [4.69, 9.17) is 4.52 Å². The molecule has 0 spiro atoms. The fourth-order valence-electron chi connectivity index (χ4n) is 2.34. The van der Waals surface area contributed by atoms with Crippen LogP contribution in [0.3, 0.4) is 0 Å². The molecule has 2 heterocycles. The summed E-state index contributed by atoms with van der Waals surface area (Å²) in [6.45, 7) is 0.143. The number of carbonyl (C=O) groups excluding carboxylic acids is 1. The van der Waals surface area contributed by atoms with Crippen LogP contribution >= 0.6 is 0 Å². The lowest BCUT2D eigenvalue weighted by molar-refractivity contribution is 0.0944. The van der Waals surface area contributed by atoms with Crippen LogP contribution < -0.4 is 5.32 Å². The molecule has 122 valence electrons. The third-order valence-electron chi connectivity index (χ3n) is 3.58. The molecule has 0 bridgehead atoms. The molecule has 1 amide bonds. The van der Waals surface area contributed by atoms with E-state index in [0.717, 1.165) is 11.1 Å². The van der Waals surface area contributed by atoms with E-state index < -0.39 is 0 Å². The first-order valence-corrected chi connectivity index (χ1v) is 7.67. The van der Waals surface area contributed by atoms with Gasteiger partial charge in [-0.25, -0.2) is 4.98 Å². The molecule has 0 saturated heterocycles. The molecule has 2 aromatic carbocycles. The molecule has 7 heteroatoms. The molecular weight excluding hydrogens is 318 g/mol. The molecule has 0 aliphatic heterocycles. The van der Waals surface area contributed by atoms with Crippen LogP contribution in [0.5, 0.6) is 0 Å². The molecule has 0 atom stereocenters. The Hall–Kier alpha value is -3.61. The molecule has 0 aliphatic carbocycles. The summed E-state index contributed by atoms with van der Waals surface area (Å²) in [4.78, 5) is 25.0. The van der Waals surface area contributed by atoms with Crippen molar-refractivity contribution in [3.05, 3.63) is 72.3 Å². The number of rotatable bonds is 4. The number of benzene rings is 2. The molecule has 4 aromatic rings. The number of nitrogens with one attached hydrogen (secondary N) is 1. The van der Waals surface area contributed by atoms with Crippen LogP contribution in [-0.2, 0) is 6.54 Å². The quantitative estimate of drug-likeness (QED) is 0.618. The summed E-state index contributed by atoms with van der Waals surface area (Å²) in [7, 11) is 0. The summed E-state index contributed by atoms with van der Waals surface area (Å²) in [5.74, 6) is 0.459. The van der Waals surface area contributed by atoms with Gasteiger partial charge in [-0.15, -0.1) is 0 Å².